The summed E-state index contributed by atoms with van der Waals surface area (Å²) in [4.78, 5) is 73.3. The summed E-state index contributed by atoms with van der Waals surface area (Å²) in [6, 6.07) is 3.42. The van der Waals surface area contributed by atoms with Gasteiger partial charge in [0, 0.05) is 18.3 Å². The molecule has 1 unspecified atom stereocenters. The minimum absolute atomic E-state index is 0.0120. The Morgan fingerprint density at radius 2 is 1.97 bits per heavy atom. The molecule has 170 valence electrons. The number of nitrogens with one attached hydrogen (secondary N) is 3. The van der Waals surface area contributed by atoms with Crippen molar-refractivity contribution in [2.45, 2.75) is 25.4 Å². The summed E-state index contributed by atoms with van der Waals surface area (Å²) in [5.41, 5.74) is 0.647. The zero-order valence-corrected chi connectivity index (χ0v) is 17.0. The smallest absolute Gasteiger partial charge is 0.325 e. The van der Waals surface area contributed by atoms with Crippen molar-refractivity contribution in [1.29, 1.82) is 0 Å². The van der Waals surface area contributed by atoms with Crippen molar-refractivity contribution in [2.24, 2.45) is 0 Å². The average Bonchev–Trinajstić information content (AvgIpc) is 3.28. The summed E-state index contributed by atoms with van der Waals surface area (Å²) >= 11 is 0. The van der Waals surface area contributed by atoms with Gasteiger partial charge in [0.15, 0.2) is 0 Å². The van der Waals surface area contributed by atoms with E-state index in [1.54, 1.807) is 0 Å². The van der Waals surface area contributed by atoms with Gasteiger partial charge in [0.1, 0.15) is 12.6 Å². The van der Waals surface area contributed by atoms with Crippen LogP contribution in [0.2, 0.25) is 0 Å². The number of anilines is 2. The number of hydrogen-bond donors (Lipinski definition) is 4. The molecule has 5 amide bonds. The van der Waals surface area contributed by atoms with Gasteiger partial charge in [-0.15, -0.1) is 0 Å². The Balaban J connectivity index is 1.45. The zero-order chi connectivity index (χ0) is 23.7. The number of amides is 5. The fourth-order valence-corrected chi connectivity index (χ4v) is 3.70. The molecule has 4 N–H and O–H groups in total. The topological polar surface area (TPSA) is 180 Å². The van der Waals surface area contributed by atoms with Crippen molar-refractivity contribution in [3.8, 4) is 0 Å². The van der Waals surface area contributed by atoms with Crippen LogP contribution in [-0.2, 0) is 25.7 Å². The number of carboxylic acid groups (broad SMARTS) is 1. The quantitative estimate of drug-likeness (QED) is 0.398. The maximum atomic E-state index is 13.0. The van der Waals surface area contributed by atoms with Gasteiger partial charge in [0.2, 0.25) is 17.7 Å². The number of aromatic nitrogens is 2. The standard InChI is InChI=1S/C20H18N6O7/c27-14-5-4-13(18(31)24-14)26-19(32)11-2-1-3-12(17(11)20(26)33)21-7-15(28)23-10-6-22-25(8-10)9-16(29)30/h1-3,6,8,13,21H,4-5,7,9H2,(H,23,28)(H,29,30)(H,24,27,31). The number of piperidine rings is 1. The lowest BCUT2D eigenvalue weighted by Crippen LogP contribution is -2.54. The SMILES string of the molecule is O=C(O)Cn1cc(NC(=O)CNc2cccc3c2C(=O)N(C2CCC(=O)NC2=O)C3=O)cn1. The number of benzene rings is 1. The number of fused-ring (bicyclic) bond motifs is 1. The molecule has 0 bridgehead atoms. The van der Waals surface area contributed by atoms with Crippen LogP contribution in [0.5, 0.6) is 0 Å². The first-order valence-electron chi connectivity index (χ1n) is 9.87. The van der Waals surface area contributed by atoms with Crippen LogP contribution in [0.25, 0.3) is 0 Å². The number of carboxylic acids is 1. The van der Waals surface area contributed by atoms with Gasteiger partial charge in [-0.25, -0.2) is 0 Å². The Labute approximate surface area is 185 Å². The number of hydrogen-bond acceptors (Lipinski definition) is 8. The molecular weight excluding hydrogens is 436 g/mol. The van der Waals surface area contributed by atoms with Crippen LogP contribution in [0.15, 0.2) is 30.6 Å². The molecule has 3 heterocycles. The second kappa shape index (κ2) is 8.53. The van der Waals surface area contributed by atoms with E-state index in [1.807, 2.05) is 0 Å². The highest BCUT2D eigenvalue weighted by atomic mass is 16.4. The van der Waals surface area contributed by atoms with E-state index >= 15 is 0 Å². The Morgan fingerprint density at radius 1 is 1.18 bits per heavy atom. The number of imide groups is 2. The Morgan fingerprint density at radius 3 is 2.70 bits per heavy atom. The van der Waals surface area contributed by atoms with Crippen LogP contribution in [0, 0.1) is 0 Å². The first kappa shape index (κ1) is 21.7. The van der Waals surface area contributed by atoms with E-state index in [0.717, 1.165) is 9.58 Å². The molecule has 1 aromatic carbocycles. The molecule has 2 aliphatic rings. The predicted octanol–water partition coefficient (Wildman–Crippen LogP) is -0.581. The summed E-state index contributed by atoms with van der Waals surface area (Å²) in [6.45, 7) is -0.620. The van der Waals surface area contributed by atoms with Gasteiger partial charge in [-0.3, -0.25) is 43.7 Å². The monoisotopic (exact) mass is 454 g/mol. The maximum Gasteiger partial charge on any atom is 0.325 e. The van der Waals surface area contributed by atoms with E-state index in [9.17, 15) is 28.8 Å². The normalized spacial score (nSPS) is 17.6. The van der Waals surface area contributed by atoms with Crippen LogP contribution < -0.4 is 16.0 Å². The van der Waals surface area contributed by atoms with Gasteiger partial charge in [-0.2, -0.15) is 5.10 Å². The summed E-state index contributed by atoms with van der Waals surface area (Å²) in [6.07, 6.45) is 2.70. The zero-order valence-electron chi connectivity index (χ0n) is 17.0. The Hall–Kier alpha value is -4.55. The second-order valence-electron chi connectivity index (χ2n) is 7.40. The molecule has 0 aliphatic carbocycles. The summed E-state index contributed by atoms with van der Waals surface area (Å²) in [7, 11) is 0. The van der Waals surface area contributed by atoms with Crippen LogP contribution in [0.3, 0.4) is 0 Å². The molecule has 2 aliphatic heterocycles. The first-order chi connectivity index (χ1) is 15.7. The van der Waals surface area contributed by atoms with Gasteiger partial charge in [0.25, 0.3) is 11.8 Å². The number of carbonyl (C=O) groups excluding carboxylic acids is 5. The molecule has 13 heteroatoms. The average molecular weight is 454 g/mol. The summed E-state index contributed by atoms with van der Waals surface area (Å²) < 4.78 is 1.14. The van der Waals surface area contributed by atoms with E-state index in [0.29, 0.717) is 0 Å². The Bertz CT molecular complexity index is 1200. The van der Waals surface area contributed by atoms with Crippen molar-refractivity contribution < 1.29 is 33.9 Å². The van der Waals surface area contributed by atoms with E-state index in [1.165, 1.54) is 30.6 Å². The molecule has 1 fully saturated rings. The molecule has 2 aromatic rings. The highest BCUT2D eigenvalue weighted by Gasteiger charge is 2.45. The number of rotatable bonds is 7. The molecule has 33 heavy (non-hydrogen) atoms. The third-order valence-corrected chi connectivity index (χ3v) is 5.12. The van der Waals surface area contributed by atoms with Crippen LogP contribution in [0.4, 0.5) is 11.4 Å². The van der Waals surface area contributed by atoms with Gasteiger partial charge in [0.05, 0.1) is 29.6 Å². The molecule has 1 atom stereocenters. The molecule has 4 rings (SSSR count). The van der Waals surface area contributed by atoms with E-state index in [-0.39, 0.29) is 48.4 Å². The predicted molar refractivity (Wildman–Crippen MR) is 110 cm³/mol. The van der Waals surface area contributed by atoms with Crippen molar-refractivity contribution in [1.82, 2.24) is 20.0 Å². The van der Waals surface area contributed by atoms with E-state index in [2.05, 4.69) is 21.0 Å². The van der Waals surface area contributed by atoms with Crippen molar-refractivity contribution in [3.05, 3.63) is 41.7 Å². The second-order valence-corrected chi connectivity index (χ2v) is 7.40. The number of aliphatic carboxylic acids is 1. The molecule has 0 spiro atoms. The van der Waals surface area contributed by atoms with E-state index < -0.39 is 41.5 Å². The molecule has 1 aromatic heterocycles. The van der Waals surface area contributed by atoms with Crippen LogP contribution >= 0.6 is 0 Å². The molecule has 1 saturated heterocycles. The maximum absolute atomic E-state index is 13.0. The van der Waals surface area contributed by atoms with Crippen molar-refractivity contribution in [3.63, 3.8) is 0 Å². The third kappa shape index (κ3) is 4.28. The summed E-state index contributed by atoms with van der Waals surface area (Å²) in [5.74, 6) is -4.10. The number of nitrogens with zero attached hydrogens (tertiary/aromatic N) is 3. The lowest BCUT2D eigenvalue weighted by Gasteiger charge is -2.27. The summed E-state index contributed by atoms with van der Waals surface area (Å²) in [5, 5.41) is 20.1. The third-order valence-electron chi connectivity index (χ3n) is 5.12. The first-order valence-corrected chi connectivity index (χ1v) is 9.87. The fraction of sp³-hybridized carbons (Fsp3) is 0.250. The largest absolute Gasteiger partial charge is 0.480 e. The van der Waals surface area contributed by atoms with Gasteiger partial charge in [-0.05, 0) is 18.6 Å². The molecule has 0 saturated carbocycles. The van der Waals surface area contributed by atoms with E-state index in [4.69, 9.17) is 5.11 Å². The minimum Gasteiger partial charge on any atom is -0.480 e. The highest BCUT2D eigenvalue weighted by Crippen LogP contribution is 2.32. The van der Waals surface area contributed by atoms with Gasteiger partial charge >= 0.3 is 5.97 Å². The fourth-order valence-electron chi connectivity index (χ4n) is 3.70. The van der Waals surface area contributed by atoms with Gasteiger partial charge < -0.3 is 15.7 Å². The lowest BCUT2D eigenvalue weighted by atomic mass is 10.0. The Kier molecular flexibility index (Phi) is 5.60. The van der Waals surface area contributed by atoms with Gasteiger partial charge in [-0.1, -0.05) is 6.07 Å². The lowest BCUT2D eigenvalue weighted by molar-refractivity contribution is -0.138. The molecule has 13 nitrogen and oxygen atoms in total. The van der Waals surface area contributed by atoms with Crippen LogP contribution in [-0.4, -0.2) is 67.9 Å². The molecule has 0 radical (unpaired) electrons. The number of carbonyl (C=O) groups is 6. The minimum atomic E-state index is -1.09. The highest BCUT2D eigenvalue weighted by molar-refractivity contribution is 6.25. The van der Waals surface area contributed by atoms with Crippen LogP contribution in [0.1, 0.15) is 33.6 Å². The molecular formula is C20H18N6O7. The van der Waals surface area contributed by atoms with Crippen molar-refractivity contribution >= 4 is 46.9 Å². The van der Waals surface area contributed by atoms with Crippen molar-refractivity contribution in [2.75, 3.05) is 17.2 Å².